The molecule has 0 spiro atoms. The largest absolute Gasteiger partial charge is 0.408 e. The van der Waals surface area contributed by atoms with Gasteiger partial charge in [0.2, 0.25) is 5.89 Å². The van der Waals surface area contributed by atoms with Crippen LogP contribution >= 0.6 is 0 Å². The molecule has 0 aliphatic rings. The molecule has 0 saturated heterocycles. The summed E-state index contributed by atoms with van der Waals surface area (Å²) in [4.78, 5) is 11.4. The summed E-state index contributed by atoms with van der Waals surface area (Å²) < 4.78 is 57.7. The Morgan fingerprint density at radius 1 is 1.38 bits per heavy atom. The Morgan fingerprint density at radius 2 is 2.08 bits per heavy atom. The standard InChI is InChI=1S/C14H14F3N3O3S/c1-3-6-24(22)11-9(12(16)17)5-4-8(10(11)15)13(21)18-14-20-19-7(2)23-14/h4-5,12H,3,6H2,1-2H3,(H,18,20,21)/t24-/m1/s1. The minimum absolute atomic E-state index is 0.00453. The van der Waals surface area contributed by atoms with E-state index in [4.69, 9.17) is 4.42 Å². The number of hydrogen-bond donors (Lipinski definition) is 1. The Balaban J connectivity index is 2.42. The van der Waals surface area contributed by atoms with Gasteiger partial charge in [-0.15, -0.1) is 5.10 Å². The summed E-state index contributed by atoms with van der Waals surface area (Å²) in [5, 5.41) is 9.17. The van der Waals surface area contributed by atoms with Gasteiger partial charge in [-0.05, 0) is 12.5 Å². The zero-order chi connectivity index (χ0) is 17.9. The molecule has 1 atom stereocenters. The van der Waals surface area contributed by atoms with Crippen LogP contribution in [0.5, 0.6) is 0 Å². The number of alkyl halides is 2. The van der Waals surface area contributed by atoms with Crippen molar-refractivity contribution in [3.8, 4) is 0 Å². The number of anilines is 1. The van der Waals surface area contributed by atoms with Crippen LogP contribution in [0.25, 0.3) is 0 Å². The quantitative estimate of drug-likeness (QED) is 0.854. The van der Waals surface area contributed by atoms with Crippen molar-refractivity contribution in [2.75, 3.05) is 11.1 Å². The van der Waals surface area contributed by atoms with Gasteiger partial charge in [-0.3, -0.25) is 14.3 Å². The first-order valence-electron chi connectivity index (χ1n) is 6.95. The van der Waals surface area contributed by atoms with Crippen LogP contribution in [-0.2, 0) is 10.8 Å². The molecular formula is C14H14F3N3O3S. The number of halogens is 3. The van der Waals surface area contributed by atoms with Crippen molar-refractivity contribution in [3.63, 3.8) is 0 Å². The van der Waals surface area contributed by atoms with Gasteiger partial charge >= 0.3 is 6.01 Å². The number of carbonyl (C=O) groups excluding carboxylic acids is 1. The lowest BCUT2D eigenvalue weighted by molar-refractivity contribution is 0.101. The molecule has 130 valence electrons. The normalized spacial score (nSPS) is 12.4. The maximum Gasteiger partial charge on any atom is 0.322 e. The average Bonchev–Trinajstić information content (AvgIpc) is 2.91. The molecule has 1 heterocycles. The SMILES string of the molecule is CCC[S@@](=O)c1c(C(F)F)ccc(C(=O)Nc2nnc(C)o2)c1F. The summed E-state index contributed by atoms with van der Waals surface area (Å²) in [5.41, 5.74) is -1.22. The van der Waals surface area contributed by atoms with Crippen LogP contribution in [0.4, 0.5) is 19.2 Å². The molecule has 0 bridgehead atoms. The molecule has 24 heavy (non-hydrogen) atoms. The molecule has 0 unspecified atom stereocenters. The molecule has 1 amide bonds. The van der Waals surface area contributed by atoms with Crippen molar-refractivity contribution < 1.29 is 26.6 Å². The summed E-state index contributed by atoms with van der Waals surface area (Å²) in [6, 6.07) is 1.54. The van der Waals surface area contributed by atoms with Crippen molar-refractivity contribution in [1.29, 1.82) is 0 Å². The van der Waals surface area contributed by atoms with Crippen LogP contribution in [0.15, 0.2) is 21.4 Å². The number of amides is 1. The van der Waals surface area contributed by atoms with Gasteiger partial charge in [0.15, 0.2) is 5.82 Å². The zero-order valence-corrected chi connectivity index (χ0v) is 13.6. The van der Waals surface area contributed by atoms with Crippen LogP contribution in [0, 0.1) is 12.7 Å². The number of carbonyl (C=O) groups is 1. The summed E-state index contributed by atoms with van der Waals surface area (Å²) in [7, 11) is -1.98. The Labute approximate surface area is 137 Å². The van der Waals surface area contributed by atoms with E-state index < -0.39 is 45.0 Å². The number of rotatable bonds is 6. The molecule has 0 radical (unpaired) electrons. The van der Waals surface area contributed by atoms with E-state index in [1.54, 1.807) is 6.92 Å². The topological polar surface area (TPSA) is 85.1 Å². The minimum Gasteiger partial charge on any atom is -0.408 e. The van der Waals surface area contributed by atoms with E-state index in [1.165, 1.54) is 6.92 Å². The van der Waals surface area contributed by atoms with Gasteiger partial charge in [0.05, 0.1) is 21.3 Å². The molecule has 6 nitrogen and oxygen atoms in total. The fourth-order valence-electron chi connectivity index (χ4n) is 1.95. The summed E-state index contributed by atoms with van der Waals surface area (Å²) >= 11 is 0. The highest BCUT2D eigenvalue weighted by Gasteiger charge is 2.26. The van der Waals surface area contributed by atoms with Gasteiger partial charge < -0.3 is 4.42 Å². The van der Waals surface area contributed by atoms with Gasteiger partial charge in [0.25, 0.3) is 12.3 Å². The molecule has 1 aromatic heterocycles. The highest BCUT2D eigenvalue weighted by molar-refractivity contribution is 7.85. The minimum atomic E-state index is -3.01. The van der Waals surface area contributed by atoms with Crippen LogP contribution in [0.2, 0.25) is 0 Å². The third kappa shape index (κ3) is 3.81. The summed E-state index contributed by atoms with van der Waals surface area (Å²) in [6.45, 7) is 3.18. The van der Waals surface area contributed by atoms with Crippen molar-refractivity contribution in [1.82, 2.24) is 10.2 Å². The van der Waals surface area contributed by atoms with Crippen LogP contribution in [-0.4, -0.2) is 26.1 Å². The second-order valence-corrected chi connectivity index (χ2v) is 6.28. The Bertz CT molecular complexity index is 780. The van der Waals surface area contributed by atoms with E-state index in [9.17, 15) is 22.2 Å². The predicted molar refractivity (Wildman–Crippen MR) is 79.9 cm³/mol. The van der Waals surface area contributed by atoms with E-state index in [2.05, 4.69) is 15.5 Å². The van der Waals surface area contributed by atoms with Crippen molar-refractivity contribution >= 4 is 22.7 Å². The van der Waals surface area contributed by atoms with Crippen LogP contribution in [0.3, 0.4) is 0 Å². The number of nitrogens with zero attached hydrogens (tertiary/aromatic N) is 2. The van der Waals surface area contributed by atoms with E-state index in [0.29, 0.717) is 6.42 Å². The lowest BCUT2D eigenvalue weighted by Crippen LogP contribution is -2.17. The number of hydrogen-bond acceptors (Lipinski definition) is 5. The lowest BCUT2D eigenvalue weighted by Gasteiger charge is -2.12. The number of nitrogens with one attached hydrogen (secondary N) is 1. The number of aryl methyl sites for hydroxylation is 1. The molecule has 0 fully saturated rings. The van der Waals surface area contributed by atoms with Gasteiger partial charge in [-0.2, -0.15) is 0 Å². The molecule has 2 aromatic rings. The number of benzene rings is 1. The Morgan fingerprint density at radius 3 is 2.62 bits per heavy atom. The fraction of sp³-hybridized carbons (Fsp3) is 0.357. The van der Waals surface area contributed by atoms with Gasteiger partial charge in [0.1, 0.15) is 0 Å². The van der Waals surface area contributed by atoms with Gasteiger partial charge in [-0.25, -0.2) is 13.2 Å². The Kier molecular flexibility index (Phi) is 5.71. The molecule has 0 aliphatic heterocycles. The van der Waals surface area contributed by atoms with E-state index >= 15 is 0 Å². The molecule has 0 saturated carbocycles. The predicted octanol–water partition coefficient (Wildman–Crippen LogP) is 3.22. The van der Waals surface area contributed by atoms with Crippen LogP contribution < -0.4 is 5.32 Å². The maximum atomic E-state index is 14.6. The highest BCUT2D eigenvalue weighted by Crippen LogP contribution is 2.30. The second kappa shape index (κ2) is 7.56. The third-order valence-corrected chi connectivity index (χ3v) is 4.62. The molecule has 1 aromatic carbocycles. The van der Waals surface area contributed by atoms with Gasteiger partial charge in [0, 0.05) is 18.2 Å². The zero-order valence-electron chi connectivity index (χ0n) is 12.8. The number of aromatic nitrogens is 2. The molecule has 10 heteroatoms. The van der Waals surface area contributed by atoms with Gasteiger partial charge in [-0.1, -0.05) is 18.1 Å². The Hall–Kier alpha value is -2.23. The van der Waals surface area contributed by atoms with E-state index in [1.807, 2.05) is 0 Å². The lowest BCUT2D eigenvalue weighted by atomic mass is 10.1. The van der Waals surface area contributed by atoms with E-state index in [-0.39, 0.29) is 17.7 Å². The highest BCUT2D eigenvalue weighted by atomic mass is 32.2. The first-order valence-corrected chi connectivity index (χ1v) is 8.27. The molecule has 1 N–H and O–H groups in total. The average molecular weight is 361 g/mol. The first kappa shape index (κ1) is 18.1. The summed E-state index contributed by atoms with van der Waals surface area (Å²) in [6.07, 6.45) is -2.60. The summed E-state index contributed by atoms with van der Waals surface area (Å²) in [5.74, 6) is -2.02. The molecule has 2 rings (SSSR count). The second-order valence-electron chi connectivity index (χ2n) is 4.78. The first-order chi connectivity index (χ1) is 11.3. The molecular weight excluding hydrogens is 347 g/mol. The van der Waals surface area contributed by atoms with Crippen LogP contribution in [0.1, 0.15) is 41.6 Å². The van der Waals surface area contributed by atoms with Crippen molar-refractivity contribution in [2.45, 2.75) is 31.6 Å². The maximum absolute atomic E-state index is 14.6. The van der Waals surface area contributed by atoms with E-state index in [0.717, 1.165) is 12.1 Å². The third-order valence-electron chi connectivity index (χ3n) is 2.97. The fourth-order valence-corrected chi connectivity index (χ4v) is 3.25. The monoisotopic (exact) mass is 361 g/mol. The molecule has 0 aliphatic carbocycles. The van der Waals surface area contributed by atoms with Crippen molar-refractivity contribution in [3.05, 3.63) is 35.0 Å². The van der Waals surface area contributed by atoms with Crippen molar-refractivity contribution in [2.24, 2.45) is 0 Å². The smallest absolute Gasteiger partial charge is 0.322 e.